The SMILES string of the molecule is c1ccc(-c2ccc(-c3ccc(N(c4ccc(-c5ccccc5)cc4)c4cc(-c5cc6ccccc6c6ccccc56)cc(N(c5ccc(-c6ccccc6)cc5)c5ccc(-c6ccccc6)cc5)c4)cc3)cc2)cc1.c1ccc(-c2ccc(N(c3ccccc3)c3cc(-c4cc5ccccc5c5ccccc45)cc(N(c4ccc(-c5ccccc5)cc4)c4ccc(-c5ccccc5)cc4)c3)cc2)cc1. The monoisotopic (exact) mass is 1780 g/mol. The van der Waals surface area contributed by atoms with Crippen molar-refractivity contribution in [3.63, 3.8) is 0 Å². The Bertz CT molecular complexity index is 8240. The van der Waals surface area contributed by atoms with Crippen LogP contribution in [0.4, 0.5) is 68.2 Å². The van der Waals surface area contributed by atoms with Gasteiger partial charge in [0, 0.05) is 68.2 Å². The van der Waals surface area contributed by atoms with Gasteiger partial charge in [0.05, 0.1) is 0 Å². The highest BCUT2D eigenvalue weighted by Crippen LogP contribution is 2.50. The maximum absolute atomic E-state index is 2.42. The topological polar surface area (TPSA) is 13.0 Å². The summed E-state index contributed by atoms with van der Waals surface area (Å²) in [4.78, 5) is 9.63. The van der Waals surface area contributed by atoms with E-state index in [4.69, 9.17) is 0 Å². The zero-order chi connectivity index (χ0) is 93.3. The van der Waals surface area contributed by atoms with E-state index < -0.39 is 0 Å². The summed E-state index contributed by atoms with van der Waals surface area (Å²) >= 11 is 0. The molecular weight excluding hydrogens is 1690 g/mol. The lowest BCUT2D eigenvalue weighted by Gasteiger charge is -2.31. The van der Waals surface area contributed by atoms with Crippen LogP contribution in [0.5, 0.6) is 0 Å². The van der Waals surface area contributed by atoms with Crippen molar-refractivity contribution in [1.82, 2.24) is 0 Å². The van der Waals surface area contributed by atoms with Gasteiger partial charge in [-0.2, -0.15) is 0 Å². The maximum atomic E-state index is 2.42. The molecule has 0 unspecified atom stereocenters. The summed E-state index contributed by atoms with van der Waals surface area (Å²) in [6, 6.07) is 211. The Morgan fingerprint density at radius 3 is 0.443 bits per heavy atom. The molecule has 24 aromatic carbocycles. The van der Waals surface area contributed by atoms with Crippen LogP contribution in [-0.4, -0.2) is 0 Å². The highest BCUT2D eigenvalue weighted by atomic mass is 15.2. The predicted octanol–water partition coefficient (Wildman–Crippen LogP) is 38.5. The zero-order valence-electron chi connectivity index (χ0n) is 77.2. The molecular formula is C136H96N4. The van der Waals surface area contributed by atoms with Gasteiger partial charge in [0.15, 0.2) is 0 Å². The Kier molecular flexibility index (Phi) is 24.0. The second-order valence-corrected chi connectivity index (χ2v) is 35.5. The summed E-state index contributed by atoms with van der Waals surface area (Å²) in [5.74, 6) is 0. The highest BCUT2D eigenvalue weighted by molar-refractivity contribution is 6.16. The minimum atomic E-state index is 1.03. The lowest BCUT2D eigenvalue weighted by molar-refractivity contribution is 1.25. The summed E-state index contributed by atoms with van der Waals surface area (Å²) in [5, 5.41) is 9.80. The fourth-order valence-electron chi connectivity index (χ4n) is 19.9. The fraction of sp³-hybridized carbons (Fsp3) is 0. The molecule has 0 heterocycles. The van der Waals surface area contributed by atoms with Gasteiger partial charge in [0.1, 0.15) is 0 Å². The second-order valence-electron chi connectivity index (χ2n) is 35.5. The van der Waals surface area contributed by atoms with Crippen LogP contribution in [0.1, 0.15) is 0 Å². The molecule has 24 rings (SSSR count). The van der Waals surface area contributed by atoms with Gasteiger partial charge in [-0.25, -0.2) is 0 Å². The number of benzene rings is 24. The van der Waals surface area contributed by atoms with Crippen molar-refractivity contribution in [3.05, 3.63) is 582 Å². The van der Waals surface area contributed by atoms with Gasteiger partial charge < -0.3 is 19.6 Å². The molecule has 0 aliphatic rings. The number of anilines is 12. The first kappa shape index (κ1) is 85.7. The average Bonchev–Trinajstić information content (AvgIpc) is 0.750. The lowest BCUT2D eigenvalue weighted by atomic mass is 9.92. The summed E-state index contributed by atoms with van der Waals surface area (Å²) in [6.07, 6.45) is 0. The van der Waals surface area contributed by atoms with E-state index in [9.17, 15) is 0 Å². The first-order valence-electron chi connectivity index (χ1n) is 48.0. The molecule has 0 saturated heterocycles. The van der Waals surface area contributed by atoms with Gasteiger partial charge in [-0.05, 0) is 300 Å². The summed E-state index contributed by atoms with van der Waals surface area (Å²) in [7, 11) is 0. The standard InChI is InChI=1S/C74H52N2.C62H44N2/c1-5-17-53(18-6-1)57-29-31-58(32-30-57)62-39-47-68(48-40-62)76(67-45-37-61(38-46-67)56-23-11-4-12-24-56)70-50-64(74-51-63-25-13-14-26-71(63)72-27-15-16-28-73(72)74)49-69(52-70)75(65-41-33-59(34-42-65)54-19-7-2-8-20-54)66-43-35-60(36-44-66)55-21-9-3-10-22-55;1-5-17-45(18-6-1)48-29-35-54(36-30-48)63(53-24-11-4-12-25-53)57-41-52(62-43-51-23-13-14-26-59(51)60-27-15-16-28-61(60)62)42-58(44-57)64(55-37-31-49(32-38-55)46-19-7-2-8-20-46)56-39-33-50(34-40-56)47-21-9-3-10-22-47/h1-52H;1-44H. The minimum absolute atomic E-state index is 1.03. The molecule has 660 valence electrons. The van der Waals surface area contributed by atoms with Gasteiger partial charge in [0.25, 0.3) is 0 Å². The van der Waals surface area contributed by atoms with Crippen LogP contribution in [0.3, 0.4) is 0 Å². The molecule has 0 atom stereocenters. The van der Waals surface area contributed by atoms with Gasteiger partial charge in [-0.3, -0.25) is 0 Å². The van der Waals surface area contributed by atoms with E-state index in [1.54, 1.807) is 0 Å². The van der Waals surface area contributed by atoms with Crippen LogP contribution in [0.2, 0.25) is 0 Å². The third-order valence-corrected chi connectivity index (χ3v) is 26.9. The molecule has 0 bridgehead atoms. The van der Waals surface area contributed by atoms with Crippen LogP contribution < -0.4 is 19.6 Å². The van der Waals surface area contributed by atoms with Crippen LogP contribution in [0.25, 0.3) is 154 Å². The normalized spacial score (nSPS) is 11.1. The van der Waals surface area contributed by atoms with Crippen LogP contribution >= 0.6 is 0 Å². The van der Waals surface area contributed by atoms with Gasteiger partial charge >= 0.3 is 0 Å². The first-order valence-corrected chi connectivity index (χ1v) is 48.0. The third-order valence-electron chi connectivity index (χ3n) is 26.9. The van der Waals surface area contributed by atoms with Crippen molar-refractivity contribution in [3.8, 4) is 111 Å². The number of rotatable bonds is 22. The molecule has 0 saturated carbocycles. The summed E-state index contributed by atoms with van der Waals surface area (Å²) in [5.41, 5.74) is 36.2. The number of hydrogen-bond donors (Lipinski definition) is 0. The molecule has 0 radical (unpaired) electrons. The first-order chi connectivity index (χ1) is 69.4. The van der Waals surface area contributed by atoms with E-state index in [0.717, 1.165) is 84.9 Å². The molecule has 4 nitrogen and oxygen atoms in total. The second kappa shape index (κ2) is 39.2. The van der Waals surface area contributed by atoms with Crippen LogP contribution in [0, 0.1) is 0 Å². The molecule has 24 aromatic rings. The molecule has 0 N–H and O–H groups in total. The van der Waals surface area contributed by atoms with Crippen molar-refractivity contribution in [1.29, 1.82) is 0 Å². The fourth-order valence-corrected chi connectivity index (χ4v) is 19.9. The number of para-hydroxylation sites is 1. The smallest absolute Gasteiger partial charge is 0.0488 e. The van der Waals surface area contributed by atoms with E-state index in [-0.39, 0.29) is 0 Å². The Labute approximate surface area is 818 Å². The van der Waals surface area contributed by atoms with Crippen LogP contribution in [-0.2, 0) is 0 Å². The predicted molar refractivity (Wildman–Crippen MR) is 596 cm³/mol. The molecule has 0 aromatic heterocycles. The highest BCUT2D eigenvalue weighted by Gasteiger charge is 2.26. The van der Waals surface area contributed by atoms with E-state index in [0.29, 0.717) is 0 Å². The van der Waals surface area contributed by atoms with Gasteiger partial charge in [-0.15, -0.1) is 0 Å². The van der Waals surface area contributed by atoms with E-state index in [2.05, 4.69) is 602 Å². The minimum Gasteiger partial charge on any atom is -0.310 e. The van der Waals surface area contributed by atoms with Crippen molar-refractivity contribution >= 4 is 111 Å². The Morgan fingerprint density at radius 2 is 0.236 bits per heavy atom. The van der Waals surface area contributed by atoms with Crippen molar-refractivity contribution in [2.75, 3.05) is 19.6 Å². The van der Waals surface area contributed by atoms with Crippen molar-refractivity contribution < 1.29 is 0 Å². The molecule has 4 heteroatoms. The molecule has 0 aliphatic carbocycles. The Hall–Kier alpha value is -18.5. The van der Waals surface area contributed by atoms with Crippen LogP contribution in [0.15, 0.2) is 582 Å². The van der Waals surface area contributed by atoms with E-state index in [1.807, 2.05) is 0 Å². The molecule has 0 fully saturated rings. The molecule has 0 amide bonds. The van der Waals surface area contributed by atoms with E-state index >= 15 is 0 Å². The summed E-state index contributed by atoms with van der Waals surface area (Å²) < 4.78 is 0. The Balaban J connectivity index is 0.000000159. The van der Waals surface area contributed by atoms with Crippen molar-refractivity contribution in [2.45, 2.75) is 0 Å². The molecule has 0 aliphatic heterocycles. The summed E-state index contributed by atoms with van der Waals surface area (Å²) in [6.45, 7) is 0. The molecule has 140 heavy (non-hydrogen) atoms. The number of fused-ring (bicyclic) bond motifs is 6. The zero-order valence-corrected chi connectivity index (χ0v) is 77.2. The molecule has 0 spiro atoms. The van der Waals surface area contributed by atoms with Gasteiger partial charge in [0.2, 0.25) is 0 Å². The largest absolute Gasteiger partial charge is 0.310 e. The van der Waals surface area contributed by atoms with Gasteiger partial charge in [-0.1, -0.05) is 437 Å². The third kappa shape index (κ3) is 18.0. The quantitative estimate of drug-likeness (QED) is 0.0627. The van der Waals surface area contributed by atoms with E-state index in [1.165, 1.54) is 138 Å². The lowest BCUT2D eigenvalue weighted by Crippen LogP contribution is -2.14. The average molecular weight is 1790 g/mol. The number of hydrogen-bond acceptors (Lipinski definition) is 4. The Morgan fingerprint density at radius 1 is 0.0857 bits per heavy atom. The maximum Gasteiger partial charge on any atom is 0.0488 e. The number of nitrogens with zero attached hydrogens (tertiary/aromatic N) is 4. The van der Waals surface area contributed by atoms with Crippen molar-refractivity contribution in [2.24, 2.45) is 0 Å².